The molecule has 3 nitrogen and oxygen atoms in total. The zero-order valence-electron chi connectivity index (χ0n) is 13.9. The van der Waals surface area contributed by atoms with Crippen LogP contribution in [0.1, 0.15) is 34.5 Å². The quantitative estimate of drug-likeness (QED) is 0.522. The number of anilines is 1. The fourth-order valence-corrected chi connectivity index (χ4v) is 4.83. The van der Waals surface area contributed by atoms with Crippen molar-refractivity contribution in [2.24, 2.45) is 0 Å². The molecule has 1 aliphatic heterocycles. The van der Waals surface area contributed by atoms with Gasteiger partial charge in [0.2, 0.25) is 5.78 Å². The molecule has 0 spiro atoms. The van der Waals surface area contributed by atoms with E-state index in [9.17, 15) is 4.79 Å². The van der Waals surface area contributed by atoms with Crippen molar-refractivity contribution in [2.45, 2.75) is 12.8 Å². The summed E-state index contributed by atoms with van der Waals surface area (Å²) >= 11 is 13.9. The van der Waals surface area contributed by atoms with Crippen LogP contribution in [0.5, 0.6) is 0 Å². The number of nitrogen functional groups attached to an aromatic ring is 1. The summed E-state index contributed by atoms with van der Waals surface area (Å²) in [4.78, 5) is 12.8. The van der Waals surface area contributed by atoms with Crippen LogP contribution in [0.3, 0.4) is 0 Å². The molecule has 1 atom stereocenters. The van der Waals surface area contributed by atoms with Gasteiger partial charge >= 0.3 is 0 Å². The van der Waals surface area contributed by atoms with E-state index in [1.165, 1.54) is 11.6 Å². The average Bonchev–Trinajstić information content (AvgIpc) is 3.17. The van der Waals surface area contributed by atoms with Crippen LogP contribution in [0.4, 0.5) is 5.69 Å². The second-order valence-corrected chi connectivity index (χ2v) is 8.05. The lowest BCUT2D eigenvalue weighted by molar-refractivity contribution is 0.101. The summed E-state index contributed by atoms with van der Waals surface area (Å²) in [6.45, 7) is 2.13. The third kappa shape index (κ3) is 2.92. The topological polar surface area (TPSA) is 56.2 Å². The van der Waals surface area contributed by atoms with Gasteiger partial charge in [0.05, 0.1) is 10.7 Å². The van der Waals surface area contributed by atoms with E-state index in [0.29, 0.717) is 27.8 Å². The van der Waals surface area contributed by atoms with Crippen LogP contribution in [0.15, 0.2) is 51.8 Å². The molecule has 6 heteroatoms. The molecule has 0 saturated carbocycles. The Balaban J connectivity index is 1.77. The smallest absolute Gasteiger partial charge is 0.231 e. The third-order valence-corrected chi connectivity index (χ3v) is 6.23. The number of hydrogen-bond acceptors (Lipinski definition) is 4. The van der Waals surface area contributed by atoms with Gasteiger partial charge in [-0.25, -0.2) is 0 Å². The number of carbonyl (C=O) groups is 1. The summed E-state index contributed by atoms with van der Waals surface area (Å²) in [6.07, 6.45) is 0. The number of benzene rings is 2. The SMILES string of the molecule is CC1=CSCC1c1ccc2c(N)c(C(=O)c3ccc(Cl)cc3Cl)oc2c1. The molecule has 0 amide bonds. The highest BCUT2D eigenvalue weighted by molar-refractivity contribution is 8.02. The standard InChI is InChI=1S/C20H15Cl2NO2S/c1-10-8-26-9-15(10)11-2-4-14-17(6-11)25-20(18(14)23)19(24)13-5-3-12(21)7-16(13)22/h2-8,15H,9,23H2,1H3. The first kappa shape index (κ1) is 17.5. The van der Waals surface area contributed by atoms with E-state index in [0.717, 1.165) is 16.7 Å². The second-order valence-electron chi connectivity index (χ2n) is 6.30. The molecule has 0 fully saturated rings. The van der Waals surface area contributed by atoms with E-state index in [2.05, 4.69) is 12.3 Å². The molecule has 26 heavy (non-hydrogen) atoms. The molecular formula is C20H15Cl2NO2S. The first-order valence-electron chi connectivity index (χ1n) is 8.05. The summed E-state index contributed by atoms with van der Waals surface area (Å²) in [6, 6.07) is 10.7. The molecule has 0 bridgehead atoms. The van der Waals surface area contributed by atoms with E-state index in [-0.39, 0.29) is 16.6 Å². The molecule has 2 aromatic carbocycles. The van der Waals surface area contributed by atoms with Gasteiger partial charge in [0.1, 0.15) is 5.58 Å². The van der Waals surface area contributed by atoms with Crippen molar-refractivity contribution in [3.05, 3.63) is 74.3 Å². The lowest BCUT2D eigenvalue weighted by Gasteiger charge is -2.11. The number of fused-ring (bicyclic) bond motifs is 1. The van der Waals surface area contributed by atoms with Gasteiger partial charge in [-0.3, -0.25) is 4.79 Å². The van der Waals surface area contributed by atoms with E-state index in [1.807, 2.05) is 18.2 Å². The number of rotatable bonds is 3. The Morgan fingerprint density at radius 2 is 2.04 bits per heavy atom. The molecule has 132 valence electrons. The molecular weight excluding hydrogens is 389 g/mol. The van der Waals surface area contributed by atoms with Gasteiger partial charge in [-0.1, -0.05) is 34.8 Å². The Morgan fingerprint density at radius 3 is 2.73 bits per heavy atom. The van der Waals surface area contributed by atoms with Gasteiger partial charge in [0.25, 0.3) is 0 Å². The van der Waals surface area contributed by atoms with E-state index < -0.39 is 0 Å². The van der Waals surface area contributed by atoms with Crippen LogP contribution >= 0.6 is 35.0 Å². The van der Waals surface area contributed by atoms with E-state index in [4.69, 9.17) is 33.4 Å². The minimum absolute atomic E-state index is 0.106. The minimum atomic E-state index is -0.352. The number of thioether (sulfide) groups is 1. The van der Waals surface area contributed by atoms with Crippen molar-refractivity contribution >= 4 is 57.4 Å². The monoisotopic (exact) mass is 403 g/mol. The van der Waals surface area contributed by atoms with Crippen LogP contribution in [-0.4, -0.2) is 11.5 Å². The second kappa shape index (κ2) is 6.69. The Morgan fingerprint density at radius 1 is 1.23 bits per heavy atom. The number of allylic oxidation sites excluding steroid dienone is 1. The van der Waals surface area contributed by atoms with Gasteiger partial charge in [-0.2, -0.15) is 0 Å². The highest BCUT2D eigenvalue weighted by Gasteiger charge is 2.24. The van der Waals surface area contributed by atoms with E-state index in [1.54, 1.807) is 23.9 Å². The molecule has 1 aliphatic rings. The van der Waals surface area contributed by atoms with Crippen LogP contribution in [0.25, 0.3) is 11.0 Å². The van der Waals surface area contributed by atoms with Gasteiger partial charge in [-0.15, -0.1) is 11.8 Å². The molecule has 1 unspecified atom stereocenters. The molecule has 2 N–H and O–H groups in total. The minimum Gasteiger partial charge on any atom is -0.450 e. The number of hydrogen-bond donors (Lipinski definition) is 1. The van der Waals surface area contributed by atoms with Crippen molar-refractivity contribution in [1.82, 2.24) is 0 Å². The number of ketones is 1. The van der Waals surface area contributed by atoms with Gasteiger partial charge in [0.15, 0.2) is 5.76 Å². The number of halogens is 2. The number of nitrogens with two attached hydrogens (primary N) is 1. The molecule has 3 aromatic rings. The van der Waals surface area contributed by atoms with Crippen molar-refractivity contribution in [3.63, 3.8) is 0 Å². The normalized spacial score (nSPS) is 16.9. The van der Waals surface area contributed by atoms with E-state index >= 15 is 0 Å². The van der Waals surface area contributed by atoms with Gasteiger partial charge < -0.3 is 10.2 Å². The Hall–Kier alpha value is -1.88. The lowest BCUT2D eigenvalue weighted by atomic mass is 9.94. The first-order valence-corrected chi connectivity index (χ1v) is 9.86. The molecule has 0 radical (unpaired) electrons. The number of furan rings is 1. The van der Waals surface area contributed by atoms with Crippen LogP contribution < -0.4 is 5.73 Å². The molecule has 0 saturated heterocycles. The first-order chi connectivity index (χ1) is 12.5. The van der Waals surface area contributed by atoms with Crippen molar-refractivity contribution in [1.29, 1.82) is 0 Å². The summed E-state index contributed by atoms with van der Waals surface area (Å²) < 4.78 is 5.84. The highest BCUT2D eigenvalue weighted by atomic mass is 35.5. The predicted molar refractivity (Wildman–Crippen MR) is 109 cm³/mol. The zero-order valence-corrected chi connectivity index (χ0v) is 16.2. The average molecular weight is 404 g/mol. The summed E-state index contributed by atoms with van der Waals surface area (Å²) in [5.74, 6) is 1.13. The summed E-state index contributed by atoms with van der Waals surface area (Å²) in [7, 11) is 0. The summed E-state index contributed by atoms with van der Waals surface area (Å²) in [5, 5.41) is 3.65. The van der Waals surface area contributed by atoms with Crippen molar-refractivity contribution in [2.75, 3.05) is 11.5 Å². The third-order valence-electron chi connectivity index (χ3n) is 4.62. The maximum Gasteiger partial charge on any atom is 0.231 e. The van der Waals surface area contributed by atoms with Crippen LogP contribution in [-0.2, 0) is 0 Å². The predicted octanol–water partition coefficient (Wildman–Crippen LogP) is 6.29. The van der Waals surface area contributed by atoms with Crippen LogP contribution in [0, 0.1) is 0 Å². The fraction of sp³-hybridized carbons (Fsp3) is 0.150. The highest BCUT2D eigenvalue weighted by Crippen LogP contribution is 2.39. The maximum atomic E-state index is 12.8. The van der Waals surface area contributed by atoms with Gasteiger partial charge in [-0.05, 0) is 48.2 Å². The zero-order chi connectivity index (χ0) is 18.4. The van der Waals surface area contributed by atoms with Crippen LogP contribution in [0.2, 0.25) is 10.0 Å². The largest absolute Gasteiger partial charge is 0.450 e. The lowest BCUT2D eigenvalue weighted by Crippen LogP contribution is -2.03. The molecule has 4 rings (SSSR count). The van der Waals surface area contributed by atoms with Gasteiger partial charge in [0, 0.05) is 27.6 Å². The Bertz CT molecular complexity index is 1070. The fourth-order valence-electron chi connectivity index (χ4n) is 3.16. The Labute approximate surface area is 165 Å². The molecule has 1 aromatic heterocycles. The number of carbonyl (C=O) groups excluding carboxylic acids is 1. The van der Waals surface area contributed by atoms with Crippen molar-refractivity contribution < 1.29 is 9.21 Å². The van der Waals surface area contributed by atoms with Crippen molar-refractivity contribution in [3.8, 4) is 0 Å². The maximum absolute atomic E-state index is 12.8. The molecule has 2 heterocycles. The summed E-state index contributed by atoms with van der Waals surface area (Å²) in [5.41, 5.74) is 9.93. The Kier molecular flexibility index (Phi) is 4.51. The molecule has 0 aliphatic carbocycles.